The Morgan fingerprint density at radius 1 is 1.19 bits per heavy atom. The number of carbonyl (C=O) groups excluding carboxylic acids is 2. The summed E-state index contributed by atoms with van der Waals surface area (Å²) in [4.78, 5) is 38.0. The summed E-state index contributed by atoms with van der Waals surface area (Å²) >= 11 is 0. The zero-order valence-electron chi connectivity index (χ0n) is 12.3. The summed E-state index contributed by atoms with van der Waals surface area (Å²) in [6.45, 7) is 2.85. The van der Waals surface area contributed by atoms with Gasteiger partial charge in [0.05, 0.1) is 12.5 Å². The van der Waals surface area contributed by atoms with E-state index in [1.54, 1.807) is 11.8 Å². The second kappa shape index (κ2) is 6.78. The highest BCUT2D eigenvalue weighted by atomic mass is 16.5. The third-order valence-corrected chi connectivity index (χ3v) is 3.92. The maximum absolute atomic E-state index is 12.4. The highest BCUT2D eigenvalue weighted by molar-refractivity contribution is 5.81. The number of likely N-dealkylation sites (tertiary alicyclic amines) is 1. The van der Waals surface area contributed by atoms with Crippen molar-refractivity contribution in [2.75, 3.05) is 26.2 Å². The molecular weight excluding hydrogens is 276 g/mol. The molecule has 0 spiro atoms. The van der Waals surface area contributed by atoms with E-state index < -0.39 is 5.97 Å². The predicted molar refractivity (Wildman–Crippen MR) is 73.7 cm³/mol. The molecule has 1 N–H and O–H groups in total. The van der Waals surface area contributed by atoms with E-state index in [9.17, 15) is 14.4 Å². The van der Waals surface area contributed by atoms with Crippen molar-refractivity contribution in [1.82, 2.24) is 9.80 Å². The van der Waals surface area contributed by atoms with Gasteiger partial charge in [0.1, 0.15) is 6.54 Å². The molecule has 2 fully saturated rings. The molecule has 2 aliphatic rings. The van der Waals surface area contributed by atoms with Crippen molar-refractivity contribution in [3.8, 4) is 0 Å². The molecule has 0 bridgehead atoms. The van der Waals surface area contributed by atoms with Gasteiger partial charge in [0, 0.05) is 19.1 Å². The van der Waals surface area contributed by atoms with Crippen molar-refractivity contribution in [3.05, 3.63) is 0 Å². The Hall–Kier alpha value is -1.79. The average molecular weight is 298 g/mol. The first kappa shape index (κ1) is 15.6. The number of carbonyl (C=O) groups is 3. The molecule has 2 rings (SSSR count). The normalized spacial score (nSPS) is 19.2. The van der Waals surface area contributed by atoms with E-state index in [4.69, 9.17) is 9.84 Å². The van der Waals surface area contributed by atoms with Gasteiger partial charge >= 0.3 is 18.0 Å². The van der Waals surface area contributed by atoms with Crippen LogP contribution in [0.4, 0.5) is 4.79 Å². The number of esters is 1. The van der Waals surface area contributed by atoms with E-state index in [1.165, 1.54) is 4.90 Å². The van der Waals surface area contributed by atoms with Crippen LogP contribution in [0.5, 0.6) is 0 Å². The Balaban J connectivity index is 1.87. The molecule has 1 saturated carbocycles. The Morgan fingerprint density at radius 3 is 2.29 bits per heavy atom. The number of aliphatic carboxylic acids is 1. The molecular formula is C14H22N2O5. The van der Waals surface area contributed by atoms with Gasteiger partial charge in [0.2, 0.25) is 0 Å². The zero-order valence-corrected chi connectivity index (χ0v) is 12.3. The van der Waals surface area contributed by atoms with Crippen molar-refractivity contribution >= 4 is 18.0 Å². The van der Waals surface area contributed by atoms with Crippen molar-refractivity contribution in [1.29, 1.82) is 0 Å². The highest BCUT2D eigenvalue weighted by Gasteiger charge is 2.37. The van der Waals surface area contributed by atoms with Gasteiger partial charge in [-0.3, -0.25) is 9.59 Å². The fraction of sp³-hybridized carbons (Fsp3) is 0.786. The summed E-state index contributed by atoms with van der Waals surface area (Å²) in [6.07, 6.45) is 2.91. The smallest absolute Gasteiger partial charge is 0.323 e. The van der Waals surface area contributed by atoms with Gasteiger partial charge in [-0.2, -0.15) is 0 Å². The van der Waals surface area contributed by atoms with Crippen molar-refractivity contribution in [2.24, 2.45) is 5.92 Å². The minimum Gasteiger partial charge on any atom is -0.480 e. The molecule has 0 aromatic carbocycles. The van der Waals surface area contributed by atoms with E-state index in [0.29, 0.717) is 32.5 Å². The van der Waals surface area contributed by atoms with Gasteiger partial charge in [0.15, 0.2) is 0 Å². The molecule has 0 atom stereocenters. The molecule has 1 saturated heterocycles. The lowest BCUT2D eigenvalue weighted by Crippen LogP contribution is -2.49. The van der Waals surface area contributed by atoms with Gasteiger partial charge in [-0.15, -0.1) is 0 Å². The lowest BCUT2D eigenvalue weighted by molar-refractivity contribution is -0.149. The summed E-state index contributed by atoms with van der Waals surface area (Å²) in [6, 6.07) is -0.154. The first-order valence-electron chi connectivity index (χ1n) is 7.47. The fourth-order valence-corrected chi connectivity index (χ4v) is 2.63. The van der Waals surface area contributed by atoms with Gasteiger partial charge in [-0.05, 0) is 32.6 Å². The van der Waals surface area contributed by atoms with Crippen LogP contribution in [-0.4, -0.2) is 65.2 Å². The van der Waals surface area contributed by atoms with Crippen LogP contribution in [0, 0.1) is 5.92 Å². The van der Waals surface area contributed by atoms with Crippen LogP contribution in [0.25, 0.3) is 0 Å². The van der Waals surface area contributed by atoms with Gasteiger partial charge in [0.25, 0.3) is 0 Å². The molecule has 1 aliphatic heterocycles. The maximum atomic E-state index is 12.4. The number of rotatable bonds is 5. The number of piperidine rings is 1. The summed E-state index contributed by atoms with van der Waals surface area (Å²) < 4.78 is 4.99. The van der Waals surface area contributed by atoms with Crippen LogP contribution in [0.15, 0.2) is 0 Å². The maximum Gasteiger partial charge on any atom is 0.323 e. The minimum atomic E-state index is -0.989. The average Bonchev–Trinajstić information content (AvgIpc) is 3.29. The molecule has 1 aliphatic carbocycles. The molecule has 118 valence electrons. The molecule has 0 aromatic heterocycles. The highest BCUT2D eigenvalue weighted by Crippen LogP contribution is 2.29. The molecule has 7 nitrogen and oxygen atoms in total. The molecule has 1 heterocycles. The summed E-state index contributed by atoms with van der Waals surface area (Å²) in [5, 5.41) is 8.91. The SMILES string of the molecule is CCOC(=O)C1CCN(C(=O)N(CC(=O)O)C2CC2)CC1. The van der Waals surface area contributed by atoms with E-state index in [0.717, 1.165) is 12.8 Å². The van der Waals surface area contributed by atoms with Gasteiger partial charge in [-0.1, -0.05) is 0 Å². The van der Waals surface area contributed by atoms with Crippen molar-refractivity contribution in [2.45, 2.75) is 38.6 Å². The predicted octanol–water partition coefficient (Wildman–Crippen LogP) is 0.930. The largest absolute Gasteiger partial charge is 0.480 e. The molecule has 21 heavy (non-hydrogen) atoms. The van der Waals surface area contributed by atoms with Gasteiger partial charge < -0.3 is 19.6 Å². The van der Waals surface area contributed by atoms with Crippen molar-refractivity contribution < 1.29 is 24.2 Å². The second-order valence-corrected chi connectivity index (χ2v) is 5.55. The van der Waals surface area contributed by atoms with Crippen LogP contribution in [0.1, 0.15) is 32.6 Å². The Labute approximate surface area is 123 Å². The number of urea groups is 1. The third-order valence-electron chi connectivity index (χ3n) is 3.92. The van der Waals surface area contributed by atoms with Crippen molar-refractivity contribution in [3.63, 3.8) is 0 Å². The first-order chi connectivity index (χ1) is 10.0. The molecule has 2 amide bonds. The number of amides is 2. The number of carboxylic acids is 1. The number of ether oxygens (including phenoxy) is 1. The van der Waals surface area contributed by atoms with E-state index in [-0.39, 0.29) is 30.5 Å². The summed E-state index contributed by atoms with van der Waals surface area (Å²) in [5.41, 5.74) is 0. The first-order valence-corrected chi connectivity index (χ1v) is 7.47. The zero-order chi connectivity index (χ0) is 15.4. The molecule has 0 radical (unpaired) electrons. The lowest BCUT2D eigenvalue weighted by Gasteiger charge is -2.34. The standard InChI is InChI=1S/C14H22N2O5/c1-2-21-13(19)10-5-7-15(8-6-10)14(20)16(9-12(17)18)11-3-4-11/h10-11H,2-9H2,1H3,(H,17,18). The second-order valence-electron chi connectivity index (χ2n) is 5.55. The molecule has 0 aromatic rings. The number of nitrogens with zero attached hydrogens (tertiary/aromatic N) is 2. The van der Waals surface area contributed by atoms with Gasteiger partial charge in [-0.25, -0.2) is 4.79 Å². The lowest BCUT2D eigenvalue weighted by atomic mass is 9.97. The van der Waals surface area contributed by atoms with Crippen LogP contribution < -0.4 is 0 Å². The number of carboxylic acid groups (broad SMARTS) is 1. The number of hydrogen-bond donors (Lipinski definition) is 1. The van der Waals surface area contributed by atoms with E-state index in [2.05, 4.69) is 0 Å². The van der Waals surface area contributed by atoms with E-state index in [1.807, 2.05) is 0 Å². The monoisotopic (exact) mass is 298 g/mol. The van der Waals surface area contributed by atoms with E-state index >= 15 is 0 Å². The van der Waals surface area contributed by atoms with Crippen LogP contribution in [0.2, 0.25) is 0 Å². The quantitative estimate of drug-likeness (QED) is 0.763. The fourth-order valence-electron chi connectivity index (χ4n) is 2.63. The Morgan fingerprint density at radius 2 is 1.81 bits per heavy atom. The summed E-state index contributed by atoms with van der Waals surface area (Å²) in [5.74, 6) is -1.34. The Bertz CT molecular complexity index is 414. The molecule has 7 heteroatoms. The topological polar surface area (TPSA) is 87.2 Å². The van der Waals surface area contributed by atoms with Crippen LogP contribution in [-0.2, 0) is 14.3 Å². The Kier molecular flexibility index (Phi) is 5.03. The van der Waals surface area contributed by atoms with Crippen LogP contribution >= 0.6 is 0 Å². The molecule has 0 unspecified atom stereocenters. The number of hydrogen-bond acceptors (Lipinski definition) is 4. The van der Waals surface area contributed by atoms with Crippen LogP contribution in [0.3, 0.4) is 0 Å². The minimum absolute atomic E-state index is 0.0661. The summed E-state index contributed by atoms with van der Waals surface area (Å²) in [7, 11) is 0. The third kappa shape index (κ3) is 4.09.